The molecule has 0 saturated carbocycles. The van der Waals surface area contributed by atoms with Gasteiger partial charge in [-0.25, -0.2) is 9.59 Å². The van der Waals surface area contributed by atoms with Crippen molar-refractivity contribution in [1.29, 1.82) is 0 Å². The smallest absolute Gasteiger partial charge is 0.506 e. The molecule has 2 heterocycles. The summed E-state index contributed by atoms with van der Waals surface area (Å²) in [6.45, 7) is 7.14. The van der Waals surface area contributed by atoms with Gasteiger partial charge in [-0.1, -0.05) is 12.1 Å². The Morgan fingerprint density at radius 1 is 1.16 bits per heavy atom. The SMILES string of the molecule is CCOC(=O)OC(=O)c1c(CSc2ccc(CN)cc2)n(CC)c2cc(Br)c(O)c(CN3CCCC3)c12.Cl. The van der Waals surface area contributed by atoms with Crippen molar-refractivity contribution in [3.63, 3.8) is 0 Å². The minimum Gasteiger partial charge on any atom is -0.506 e. The Morgan fingerprint density at radius 2 is 1.84 bits per heavy atom. The lowest BCUT2D eigenvalue weighted by atomic mass is 10.0. The molecule has 0 atom stereocenters. The molecule has 11 heteroatoms. The molecule has 0 amide bonds. The highest BCUT2D eigenvalue weighted by molar-refractivity contribution is 9.10. The number of phenolic OH excluding ortho intramolecular Hbond substituents is 1. The van der Waals surface area contributed by atoms with Crippen molar-refractivity contribution in [1.82, 2.24) is 9.47 Å². The summed E-state index contributed by atoms with van der Waals surface area (Å²) in [5, 5.41) is 11.7. The number of rotatable bonds is 9. The van der Waals surface area contributed by atoms with E-state index in [0.717, 1.165) is 47.6 Å². The summed E-state index contributed by atoms with van der Waals surface area (Å²) in [6.07, 6.45) is 1.15. The van der Waals surface area contributed by atoms with Gasteiger partial charge in [0.15, 0.2) is 0 Å². The van der Waals surface area contributed by atoms with Crippen LogP contribution in [0.3, 0.4) is 0 Å². The van der Waals surface area contributed by atoms with E-state index < -0.39 is 12.1 Å². The first-order valence-electron chi connectivity index (χ1n) is 12.5. The molecule has 3 N–H and O–H groups in total. The summed E-state index contributed by atoms with van der Waals surface area (Å²) in [6, 6.07) is 9.80. The van der Waals surface area contributed by atoms with Crippen LogP contribution in [-0.4, -0.2) is 46.4 Å². The lowest BCUT2D eigenvalue weighted by Gasteiger charge is -2.18. The third kappa shape index (κ3) is 6.48. The number of hydrogen-bond donors (Lipinski definition) is 2. The van der Waals surface area contributed by atoms with E-state index in [1.807, 2.05) is 37.3 Å². The second-order valence-electron chi connectivity index (χ2n) is 8.84. The number of ether oxygens (including phenoxy) is 2. The van der Waals surface area contributed by atoms with Gasteiger partial charge in [0, 0.05) is 46.9 Å². The van der Waals surface area contributed by atoms with Crippen LogP contribution in [0.25, 0.3) is 10.9 Å². The fourth-order valence-electron chi connectivity index (χ4n) is 4.79. The number of thioether (sulfide) groups is 1. The van der Waals surface area contributed by atoms with E-state index in [1.54, 1.807) is 18.7 Å². The first-order chi connectivity index (χ1) is 17.9. The molecule has 206 valence electrons. The number of hydrogen-bond acceptors (Lipinski definition) is 8. The summed E-state index contributed by atoms with van der Waals surface area (Å²) in [5.74, 6) is -0.234. The summed E-state index contributed by atoms with van der Waals surface area (Å²) in [7, 11) is 0. The lowest BCUT2D eigenvalue weighted by molar-refractivity contribution is 0.0402. The van der Waals surface area contributed by atoms with Gasteiger partial charge in [-0.15, -0.1) is 24.2 Å². The summed E-state index contributed by atoms with van der Waals surface area (Å²) >= 11 is 5.09. The van der Waals surface area contributed by atoms with Crippen LogP contribution >= 0.6 is 40.1 Å². The molecule has 0 aliphatic carbocycles. The number of carbonyl (C=O) groups is 2. The topological polar surface area (TPSA) is 107 Å². The Labute approximate surface area is 241 Å². The normalized spacial score (nSPS) is 13.5. The molecule has 4 rings (SSSR count). The van der Waals surface area contributed by atoms with Crippen molar-refractivity contribution in [3.8, 4) is 5.75 Å². The van der Waals surface area contributed by atoms with Gasteiger partial charge in [0.05, 0.1) is 22.2 Å². The zero-order valence-corrected chi connectivity index (χ0v) is 24.7. The first-order valence-corrected chi connectivity index (χ1v) is 14.2. The van der Waals surface area contributed by atoms with Gasteiger partial charge in [-0.2, -0.15) is 0 Å². The Morgan fingerprint density at radius 3 is 2.45 bits per heavy atom. The number of aryl methyl sites for hydroxylation is 1. The molecule has 1 fully saturated rings. The van der Waals surface area contributed by atoms with Crippen molar-refractivity contribution >= 4 is 63.1 Å². The number of phenols is 1. The first kappa shape index (κ1) is 30.3. The Kier molecular flexibility index (Phi) is 10.9. The highest BCUT2D eigenvalue weighted by Gasteiger charge is 2.30. The van der Waals surface area contributed by atoms with Crippen LogP contribution in [0, 0.1) is 0 Å². The highest BCUT2D eigenvalue weighted by Crippen LogP contribution is 2.42. The van der Waals surface area contributed by atoms with Crippen molar-refractivity contribution in [2.24, 2.45) is 5.73 Å². The molecule has 1 aromatic heterocycles. The maximum absolute atomic E-state index is 13.5. The van der Waals surface area contributed by atoms with Gasteiger partial charge in [0.2, 0.25) is 0 Å². The monoisotopic (exact) mass is 625 g/mol. The van der Waals surface area contributed by atoms with Gasteiger partial charge in [-0.3, -0.25) is 4.90 Å². The third-order valence-corrected chi connectivity index (χ3v) is 8.19. The second kappa shape index (κ2) is 13.7. The quantitative estimate of drug-likeness (QED) is 0.164. The maximum Gasteiger partial charge on any atom is 0.516 e. The molecule has 0 radical (unpaired) electrons. The van der Waals surface area contributed by atoms with E-state index in [-0.39, 0.29) is 30.3 Å². The summed E-state index contributed by atoms with van der Waals surface area (Å²) in [4.78, 5) is 28.9. The fourth-order valence-corrected chi connectivity index (χ4v) is 6.18. The lowest BCUT2D eigenvalue weighted by Crippen LogP contribution is -2.19. The number of aromatic nitrogens is 1. The van der Waals surface area contributed by atoms with Crippen LogP contribution < -0.4 is 5.73 Å². The van der Waals surface area contributed by atoms with Crippen molar-refractivity contribution in [2.75, 3.05) is 19.7 Å². The van der Waals surface area contributed by atoms with E-state index >= 15 is 0 Å². The molecule has 1 aliphatic rings. The highest BCUT2D eigenvalue weighted by atomic mass is 79.9. The van der Waals surface area contributed by atoms with Crippen molar-refractivity contribution in [3.05, 3.63) is 57.2 Å². The number of benzene rings is 2. The maximum atomic E-state index is 13.5. The minimum absolute atomic E-state index is 0. The molecular formula is C27H33BrClN3O5S. The number of halogens is 2. The third-order valence-electron chi connectivity index (χ3n) is 6.56. The zero-order valence-electron chi connectivity index (χ0n) is 21.5. The van der Waals surface area contributed by atoms with Crippen LogP contribution in [0.2, 0.25) is 0 Å². The standard InChI is InChI=1S/C27H32BrN3O5S.ClH/c1-3-31-21-13-20(28)25(32)19(15-30-11-5-6-12-30)23(21)24(26(33)36-27(34)35-4-2)22(31)16-37-18-9-7-17(14-29)8-10-18;/h7-10,13,32H,3-6,11-12,14-16,29H2,1-2H3;1H. The van der Waals surface area contributed by atoms with Gasteiger partial charge in [-0.05, 0) is 79.5 Å². The van der Waals surface area contributed by atoms with E-state index in [4.69, 9.17) is 15.2 Å². The number of nitrogens with two attached hydrogens (primary N) is 1. The van der Waals surface area contributed by atoms with E-state index in [2.05, 4.69) is 25.4 Å². The molecular weight excluding hydrogens is 594 g/mol. The minimum atomic E-state index is -1.04. The number of nitrogens with zero attached hydrogens (tertiary/aromatic N) is 2. The number of fused-ring (bicyclic) bond motifs is 1. The van der Waals surface area contributed by atoms with Crippen molar-refractivity contribution < 1.29 is 24.2 Å². The Bertz CT molecular complexity index is 1290. The predicted molar refractivity (Wildman–Crippen MR) is 155 cm³/mol. The number of carbonyl (C=O) groups excluding carboxylic acids is 2. The molecule has 2 aromatic carbocycles. The molecule has 8 nitrogen and oxygen atoms in total. The van der Waals surface area contributed by atoms with Crippen LogP contribution in [0.5, 0.6) is 5.75 Å². The van der Waals surface area contributed by atoms with Gasteiger partial charge in [0.1, 0.15) is 5.75 Å². The average molecular weight is 627 g/mol. The summed E-state index contributed by atoms with van der Waals surface area (Å²) < 4.78 is 12.6. The Balaban J connectivity index is 0.00000400. The number of esters is 1. The van der Waals surface area contributed by atoms with Crippen LogP contribution in [0.15, 0.2) is 39.7 Å². The van der Waals surface area contributed by atoms with E-state index in [1.165, 1.54) is 0 Å². The van der Waals surface area contributed by atoms with Crippen LogP contribution in [0.1, 0.15) is 53.9 Å². The van der Waals surface area contributed by atoms with Crippen LogP contribution in [-0.2, 0) is 34.9 Å². The molecule has 1 saturated heterocycles. The van der Waals surface area contributed by atoms with Crippen molar-refractivity contribution in [2.45, 2.75) is 57.0 Å². The largest absolute Gasteiger partial charge is 0.516 e. The average Bonchev–Trinajstić information content (AvgIpc) is 3.51. The van der Waals surface area contributed by atoms with Crippen LogP contribution in [0.4, 0.5) is 4.79 Å². The molecule has 3 aromatic rings. The molecule has 1 aliphatic heterocycles. The molecule has 0 unspecified atom stereocenters. The predicted octanol–water partition coefficient (Wildman–Crippen LogP) is 6.21. The Hall–Kier alpha value is -2.24. The van der Waals surface area contributed by atoms with E-state index in [9.17, 15) is 14.7 Å². The molecule has 38 heavy (non-hydrogen) atoms. The van der Waals surface area contributed by atoms with E-state index in [0.29, 0.717) is 40.8 Å². The molecule has 0 spiro atoms. The van der Waals surface area contributed by atoms with Gasteiger partial charge >= 0.3 is 12.1 Å². The summed E-state index contributed by atoms with van der Waals surface area (Å²) in [5.41, 5.74) is 9.22. The zero-order chi connectivity index (χ0) is 26.5. The number of likely N-dealkylation sites (tertiary alicyclic amines) is 1. The van der Waals surface area contributed by atoms with Gasteiger partial charge in [0.25, 0.3) is 0 Å². The molecule has 0 bridgehead atoms. The number of aromatic hydroxyl groups is 1. The second-order valence-corrected chi connectivity index (χ2v) is 10.7. The fraction of sp³-hybridized carbons (Fsp3) is 0.407. The van der Waals surface area contributed by atoms with Gasteiger partial charge < -0.3 is 24.9 Å².